The Labute approximate surface area is 148 Å². The standard InChI is InChI=1S/C18H14ClFN2O3/c1-10-18(24)22-15-9-11(5-7-16(15)25-10)21-17(23)8-6-12-13(19)3-2-4-14(12)20/h2-10H,1H3,(H,21,23)(H,22,24)/b8-6+/t10-/m1/s1. The molecule has 128 valence electrons. The number of carbonyl (C=O) groups is 2. The molecule has 0 aromatic heterocycles. The predicted molar refractivity (Wildman–Crippen MR) is 94.2 cm³/mol. The molecule has 0 unspecified atom stereocenters. The summed E-state index contributed by atoms with van der Waals surface area (Å²) in [5, 5.41) is 5.54. The first-order valence-corrected chi connectivity index (χ1v) is 7.86. The van der Waals surface area contributed by atoms with E-state index in [1.54, 1.807) is 25.1 Å². The van der Waals surface area contributed by atoms with Gasteiger partial charge in [0.15, 0.2) is 6.10 Å². The molecule has 5 nitrogen and oxygen atoms in total. The average molecular weight is 361 g/mol. The Morgan fingerprint density at radius 1 is 1.36 bits per heavy atom. The summed E-state index contributed by atoms with van der Waals surface area (Å²) in [5.74, 6) is -0.709. The van der Waals surface area contributed by atoms with Gasteiger partial charge in [0.1, 0.15) is 11.6 Å². The van der Waals surface area contributed by atoms with Crippen LogP contribution in [0, 0.1) is 5.82 Å². The largest absolute Gasteiger partial charge is 0.479 e. The second kappa shape index (κ2) is 6.94. The van der Waals surface area contributed by atoms with Gasteiger partial charge in [-0.05, 0) is 43.3 Å². The van der Waals surface area contributed by atoms with Crippen LogP contribution >= 0.6 is 11.6 Å². The molecule has 0 bridgehead atoms. The number of benzene rings is 2. The van der Waals surface area contributed by atoms with Crippen LogP contribution in [0.5, 0.6) is 5.75 Å². The van der Waals surface area contributed by atoms with Crippen LogP contribution in [0.25, 0.3) is 6.08 Å². The topological polar surface area (TPSA) is 67.4 Å². The number of halogens is 2. The number of rotatable bonds is 3. The lowest BCUT2D eigenvalue weighted by Gasteiger charge is -2.23. The van der Waals surface area contributed by atoms with E-state index in [0.29, 0.717) is 17.1 Å². The second-order valence-corrected chi connectivity index (χ2v) is 5.83. The summed E-state index contributed by atoms with van der Waals surface area (Å²) >= 11 is 5.90. The molecule has 0 radical (unpaired) electrons. The number of amides is 2. The van der Waals surface area contributed by atoms with Gasteiger partial charge < -0.3 is 15.4 Å². The van der Waals surface area contributed by atoms with Crippen LogP contribution in [0.1, 0.15) is 12.5 Å². The molecule has 0 saturated heterocycles. The van der Waals surface area contributed by atoms with Gasteiger partial charge in [0.05, 0.1) is 10.7 Å². The minimum absolute atomic E-state index is 0.138. The van der Waals surface area contributed by atoms with Crippen molar-refractivity contribution in [2.45, 2.75) is 13.0 Å². The summed E-state index contributed by atoms with van der Waals surface area (Å²) in [6.45, 7) is 1.65. The van der Waals surface area contributed by atoms with Crippen molar-refractivity contribution >= 4 is 40.9 Å². The Bertz CT molecular complexity index is 862. The van der Waals surface area contributed by atoms with Crippen LogP contribution in [0.3, 0.4) is 0 Å². The highest BCUT2D eigenvalue weighted by Gasteiger charge is 2.23. The van der Waals surface area contributed by atoms with Gasteiger partial charge in [-0.15, -0.1) is 0 Å². The number of ether oxygens (including phenoxy) is 1. The minimum atomic E-state index is -0.568. The highest BCUT2D eigenvalue weighted by molar-refractivity contribution is 6.32. The number of hydrogen-bond acceptors (Lipinski definition) is 3. The molecule has 0 fully saturated rings. The van der Waals surface area contributed by atoms with Gasteiger partial charge in [-0.3, -0.25) is 9.59 Å². The summed E-state index contributed by atoms with van der Waals surface area (Å²) in [6, 6.07) is 9.16. The van der Waals surface area contributed by atoms with Crippen molar-refractivity contribution in [3.05, 3.63) is 58.9 Å². The molecular weight excluding hydrogens is 347 g/mol. The van der Waals surface area contributed by atoms with E-state index in [1.165, 1.54) is 30.4 Å². The molecule has 2 N–H and O–H groups in total. The van der Waals surface area contributed by atoms with E-state index in [9.17, 15) is 14.0 Å². The van der Waals surface area contributed by atoms with Gasteiger partial charge in [-0.2, -0.15) is 0 Å². The van der Waals surface area contributed by atoms with Crippen molar-refractivity contribution in [1.82, 2.24) is 0 Å². The first-order valence-electron chi connectivity index (χ1n) is 7.48. The number of anilines is 2. The van der Waals surface area contributed by atoms with Crippen LogP contribution in [0.4, 0.5) is 15.8 Å². The monoisotopic (exact) mass is 360 g/mol. The highest BCUT2D eigenvalue weighted by Crippen LogP contribution is 2.32. The Morgan fingerprint density at radius 2 is 2.16 bits per heavy atom. The maximum absolute atomic E-state index is 13.7. The van der Waals surface area contributed by atoms with Gasteiger partial charge in [0.25, 0.3) is 5.91 Å². The molecule has 1 heterocycles. The number of carbonyl (C=O) groups excluding carboxylic acids is 2. The van der Waals surface area contributed by atoms with Crippen LogP contribution in [0.2, 0.25) is 5.02 Å². The fourth-order valence-electron chi connectivity index (χ4n) is 2.30. The zero-order chi connectivity index (χ0) is 18.0. The Morgan fingerprint density at radius 3 is 2.92 bits per heavy atom. The molecule has 2 aromatic carbocycles. The summed E-state index contributed by atoms with van der Waals surface area (Å²) in [6.07, 6.45) is 1.92. The van der Waals surface area contributed by atoms with Crippen molar-refractivity contribution in [3.63, 3.8) is 0 Å². The smallest absolute Gasteiger partial charge is 0.265 e. The van der Waals surface area contributed by atoms with Gasteiger partial charge >= 0.3 is 0 Å². The number of nitrogens with one attached hydrogen (secondary N) is 2. The first kappa shape index (κ1) is 17.0. The van der Waals surface area contributed by atoms with Crippen molar-refractivity contribution in [2.75, 3.05) is 10.6 Å². The molecule has 3 rings (SSSR count). The van der Waals surface area contributed by atoms with Gasteiger partial charge in [-0.25, -0.2) is 4.39 Å². The molecule has 7 heteroatoms. The zero-order valence-corrected chi connectivity index (χ0v) is 13.9. The summed E-state index contributed by atoms with van der Waals surface area (Å²) in [4.78, 5) is 23.6. The van der Waals surface area contributed by atoms with E-state index in [2.05, 4.69) is 10.6 Å². The second-order valence-electron chi connectivity index (χ2n) is 5.42. The van der Waals surface area contributed by atoms with E-state index < -0.39 is 17.8 Å². The van der Waals surface area contributed by atoms with E-state index in [-0.39, 0.29) is 16.5 Å². The van der Waals surface area contributed by atoms with E-state index in [0.717, 1.165) is 0 Å². The molecule has 2 amide bonds. The van der Waals surface area contributed by atoms with Crippen LogP contribution in [-0.4, -0.2) is 17.9 Å². The molecule has 2 aromatic rings. The van der Waals surface area contributed by atoms with Crippen LogP contribution in [0.15, 0.2) is 42.5 Å². The molecule has 0 saturated carbocycles. The Kier molecular flexibility index (Phi) is 4.72. The summed E-state index contributed by atoms with van der Waals surface area (Å²) in [7, 11) is 0. The van der Waals surface area contributed by atoms with Gasteiger partial charge in [-0.1, -0.05) is 17.7 Å². The average Bonchev–Trinajstić information content (AvgIpc) is 2.56. The lowest BCUT2D eigenvalue weighted by molar-refractivity contribution is -0.122. The van der Waals surface area contributed by atoms with Crippen molar-refractivity contribution < 1.29 is 18.7 Å². The normalized spacial score (nSPS) is 16.1. The van der Waals surface area contributed by atoms with Crippen molar-refractivity contribution in [1.29, 1.82) is 0 Å². The quantitative estimate of drug-likeness (QED) is 0.817. The first-order chi connectivity index (χ1) is 11.9. The predicted octanol–water partition coefficient (Wildman–Crippen LogP) is 3.85. The number of hydrogen-bond donors (Lipinski definition) is 2. The van der Waals surface area contributed by atoms with Crippen molar-refractivity contribution in [3.8, 4) is 5.75 Å². The fourth-order valence-corrected chi connectivity index (χ4v) is 2.53. The molecule has 25 heavy (non-hydrogen) atoms. The zero-order valence-electron chi connectivity index (χ0n) is 13.2. The molecular formula is C18H14ClFN2O3. The highest BCUT2D eigenvalue weighted by atomic mass is 35.5. The van der Waals surface area contributed by atoms with Crippen molar-refractivity contribution in [2.24, 2.45) is 0 Å². The number of fused-ring (bicyclic) bond motifs is 1. The summed E-state index contributed by atoms with van der Waals surface area (Å²) in [5.41, 5.74) is 1.08. The van der Waals surface area contributed by atoms with Crippen LogP contribution in [-0.2, 0) is 9.59 Å². The maximum atomic E-state index is 13.7. The lowest BCUT2D eigenvalue weighted by atomic mass is 10.2. The Hall–Kier alpha value is -2.86. The molecule has 1 aliphatic rings. The fraction of sp³-hybridized carbons (Fsp3) is 0.111. The third-order valence-corrected chi connectivity index (χ3v) is 3.91. The molecule has 0 spiro atoms. The molecule has 1 aliphatic heterocycles. The minimum Gasteiger partial charge on any atom is -0.479 e. The lowest BCUT2D eigenvalue weighted by Crippen LogP contribution is -2.34. The molecule has 1 atom stereocenters. The van der Waals surface area contributed by atoms with E-state index in [1.807, 2.05) is 0 Å². The van der Waals surface area contributed by atoms with E-state index in [4.69, 9.17) is 16.3 Å². The van der Waals surface area contributed by atoms with Gasteiger partial charge in [0, 0.05) is 17.3 Å². The maximum Gasteiger partial charge on any atom is 0.265 e. The SMILES string of the molecule is C[C@H]1Oc2ccc(NC(=O)/C=C/c3c(F)cccc3Cl)cc2NC1=O. The van der Waals surface area contributed by atoms with E-state index >= 15 is 0 Å². The van der Waals surface area contributed by atoms with Gasteiger partial charge in [0.2, 0.25) is 5.91 Å². The molecule has 0 aliphatic carbocycles. The third kappa shape index (κ3) is 3.80. The van der Waals surface area contributed by atoms with Crippen LogP contribution < -0.4 is 15.4 Å². The summed E-state index contributed by atoms with van der Waals surface area (Å²) < 4.78 is 19.1. The third-order valence-electron chi connectivity index (χ3n) is 3.58. The Balaban J connectivity index is 1.73.